The lowest BCUT2D eigenvalue weighted by Gasteiger charge is -2.35. The lowest BCUT2D eigenvalue weighted by atomic mass is 10.1. The van der Waals surface area contributed by atoms with Crippen molar-refractivity contribution in [2.24, 2.45) is 0 Å². The molecule has 3 amide bonds. The molecule has 0 unspecified atom stereocenters. The van der Waals surface area contributed by atoms with Gasteiger partial charge in [0.25, 0.3) is 0 Å². The van der Waals surface area contributed by atoms with Crippen LogP contribution in [0.4, 0.5) is 40.7 Å². The fourth-order valence-corrected chi connectivity index (χ4v) is 3.01. The molecule has 0 spiro atoms. The molecular formula is C19H19F3N4O2. The Morgan fingerprint density at radius 1 is 1.07 bits per heavy atom. The van der Waals surface area contributed by atoms with Crippen LogP contribution in [-0.4, -0.2) is 39.6 Å². The van der Waals surface area contributed by atoms with Crippen LogP contribution in [0.5, 0.6) is 0 Å². The number of likely N-dealkylation sites (N-methyl/N-ethyl adjacent to an activating group) is 2. The highest BCUT2D eigenvalue weighted by molar-refractivity contribution is 6.12. The molecule has 1 aliphatic rings. The van der Waals surface area contributed by atoms with Crippen molar-refractivity contribution in [2.45, 2.75) is 6.18 Å². The highest BCUT2D eigenvalue weighted by Gasteiger charge is 2.31. The number of hydrogen-bond acceptors (Lipinski definition) is 4. The van der Waals surface area contributed by atoms with Crippen LogP contribution < -0.4 is 20.0 Å². The molecule has 0 aromatic heterocycles. The fourth-order valence-electron chi connectivity index (χ4n) is 3.01. The van der Waals surface area contributed by atoms with Crippen LogP contribution in [0.3, 0.4) is 0 Å². The number of fused-ring (bicyclic) bond motifs is 1. The molecular weight excluding hydrogens is 373 g/mol. The Balaban J connectivity index is 1.84. The molecule has 0 radical (unpaired) electrons. The van der Waals surface area contributed by atoms with Crippen LogP contribution in [0, 0.1) is 0 Å². The third-order valence-corrected chi connectivity index (χ3v) is 4.60. The van der Waals surface area contributed by atoms with Gasteiger partial charge in [-0.15, -0.1) is 0 Å². The first kappa shape index (κ1) is 19.5. The molecule has 3 rings (SSSR count). The van der Waals surface area contributed by atoms with E-state index in [0.29, 0.717) is 10.6 Å². The van der Waals surface area contributed by atoms with Gasteiger partial charge in [-0.1, -0.05) is 6.07 Å². The van der Waals surface area contributed by atoms with Crippen LogP contribution in [0.2, 0.25) is 0 Å². The van der Waals surface area contributed by atoms with E-state index in [2.05, 4.69) is 10.2 Å². The lowest BCUT2D eigenvalue weighted by Crippen LogP contribution is -2.37. The zero-order chi connectivity index (χ0) is 20.5. The maximum atomic E-state index is 12.9. The Kier molecular flexibility index (Phi) is 5.17. The molecule has 28 heavy (non-hydrogen) atoms. The number of carbonyl (C=O) groups excluding carboxylic acids is 2. The summed E-state index contributed by atoms with van der Waals surface area (Å²) in [6, 6.07) is 8.48. The molecule has 0 fully saturated rings. The van der Waals surface area contributed by atoms with Gasteiger partial charge in [-0.05, 0) is 36.4 Å². The number of benzene rings is 2. The second-order valence-corrected chi connectivity index (χ2v) is 6.50. The maximum Gasteiger partial charge on any atom is 0.416 e. The van der Waals surface area contributed by atoms with Gasteiger partial charge < -0.3 is 15.1 Å². The van der Waals surface area contributed by atoms with E-state index in [9.17, 15) is 22.8 Å². The maximum absolute atomic E-state index is 12.9. The van der Waals surface area contributed by atoms with Crippen molar-refractivity contribution in [3.8, 4) is 0 Å². The minimum absolute atomic E-state index is 0.169. The smallest absolute Gasteiger partial charge is 0.371 e. The van der Waals surface area contributed by atoms with E-state index in [0.717, 1.165) is 42.7 Å². The number of imide groups is 1. The van der Waals surface area contributed by atoms with Crippen LogP contribution >= 0.6 is 0 Å². The average molecular weight is 392 g/mol. The van der Waals surface area contributed by atoms with E-state index in [-0.39, 0.29) is 12.1 Å². The largest absolute Gasteiger partial charge is 0.416 e. The van der Waals surface area contributed by atoms with E-state index in [1.807, 2.05) is 25.1 Å². The standard InChI is InChI=1S/C19H19F3N4O2/c1-24-8-9-25(2)17-11-14(6-7-16(17)24)23-18(28)26(12-27)15-5-3-4-13(10-15)19(20,21)22/h3-7,10-12H,8-9H2,1-2H3,(H,23,28). The van der Waals surface area contributed by atoms with Crippen molar-refractivity contribution < 1.29 is 22.8 Å². The van der Waals surface area contributed by atoms with Gasteiger partial charge in [0, 0.05) is 32.9 Å². The highest BCUT2D eigenvalue weighted by Crippen LogP contribution is 2.34. The number of hydrogen-bond donors (Lipinski definition) is 1. The Morgan fingerprint density at radius 2 is 1.75 bits per heavy atom. The van der Waals surface area contributed by atoms with Crippen molar-refractivity contribution in [1.29, 1.82) is 0 Å². The summed E-state index contributed by atoms with van der Waals surface area (Å²) in [5, 5.41) is 2.56. The Labute approximate surface area is 160 Å². The zero-order valence-corrected chi connectivity index (χ0v) is 15.3. The molecule has 0 saturated heterocycles. The topological polar surface area (TPSA) is 55.9 Å². The summed E-state index contributed by atoms with van der Waals surface area (Å²) < 4.78 is 38.7. The monoisotopic (exact) mass is 392 g/mol. The average Bonchev–Trinajstić information content (AvgIpc) is 2.65. The molecule has 0 saturated carbocycles. The van der Waals surface area contributed by atoms with Crippen molar-refractivity contribution >= 4 is 35.2 Å². The van der Waals surface area contributed by atoms with Gasteiger partial charge in [0.2, 0.25) is 6.41 Å². The van der Waals surface area contributed by atoms with Crippen molar-refractivity contribution in [2.75, 3.05) is 47.2 Å². The number of anilines is 4. The molecule has 2 aromatic rings. The number of urea groups is 1. The summed E-state index contributed by atoms with van der Waals surface area (Å²) in [6.07, 6.45) is -4.39. The first-order valence-electron chi connectivity index (χ1n) is 8.50. The van der Waals surface area contributed by atoms with E-state index in [1.165, 1.54) is 6.07 Å². The SMILES string of the molecule is CN1CCN(C)c2cc(NC(=O)N(C=O)c3cccc(C(F)(F)F)c3)ccc21. The highest BCUT2D eigenvalue weighted by atomic mass is 19.4. The molecule has 148 valence electrons. The molecule has 1 heterocycles. The van der Waals surface area contributed by atoms with Crippen molar-refractivity contribution in [3.63, 3.8) is 0 Å². The molecule has 6 nitrogen and oxygen atoms in total. The second kappa shape index (κ2) is 7.41. The second-order valence-electron chi connectivity index (χ2n) is 6.50. The Hall–Kier alpha value is -3.23. The van der Waals surface area contributed by atoms with Crippen molar-refractivity contribution in [1.82, 2.24) is 0 Å². The van der Waals surface area contributed by atoms with Gasteiger partial charge in [0.05, 0.1) is 22.6 Å². The molecule has 0 bridgehead atoms. The number of alkyl halides is 3. The minimum Gasteiger partial charge on any atom is -0.371 e. The third-order valence-electron chi connectivity index (χ3n) is 4.60. The molecule has 1 aliphatic heterocycles. The van der Waals surface area contributed by atoms with Crippen LogP contribution in [0.25, 0.3) is 0 Å². The van der Waals surface area contributed by atoms with Gasteiger partial charge in [0.1, 0.15) is 0 Å². The summed E-state index contributed by atoms with van der Waals surface area (Å²) >= 11 is 0. The summed E-state index contributed by atoms with van der Waals surface area (Å²) in [5.74, 6) is 0. The Morgan fingerprint density at radius 3 is 2.39 bits per heavy atom. The van der Waals surface area contributed by atoms with E-state index in [4.69, 9.17) is 0 Å². The van der Waals surface area contributed by atoms with E-state index >= 15 is 0 Å². The summed E-state index contributed by atoms with van der Waals surface area (Å²) in [7, 11) is 3.89. The van der Waals surface area contributed by atoms with Gasteiger partial charge >= 0.3 is 12.2 Å². The normalized spacial score (nSPS) is 13.8. The van der Waals surface area contributed by atoms with E-state index in [1.54, 1.807) is 12.1 Å². The van der Waals surface area contributed by atoms with Gasteiger partial charge in [-0.25, -0.2) is 9.69 Å². The number of rotatable bonds is 3. The van der Waals surface area contributed by atoms with Crippen LogP contribution in [-0.2, 0) is 11.0 Å². The molecule has 9 heteroatoms. The zero-order valence-electron chi connectivity index (χ0n) is 15.3. The van der Waals surface area contributed by atoms with Crippen LogP contribution in [0.1, 0.15) is 5.56 Å². The van der Waals surface area contributed by atoms with Gasteiger partial charge in [-0.3, -0.25) is 4.79 Å². The van der Waals surface area contributed by atoms with Gasteiger partial charge in [0.15, 0.2) is 0 Å². The quantitative estimate of drug-likeness (QED) is 0.808. The summed E-state index contributed by atoms with van der Waals surface area (Å²) in [6.45, 7) is 1.68. The van der Waals surface area contributed by atoms with Crippen molar-refractivity contribution in [3.05, 3.63) is 48.0 Å². The number of amides is 3. The fraction of sp³-hybridized carbons (Fsp3) is 0.263. The van der Waals surface area contributed by atoms with Crippen LogP contribution in [0.15, 0.2) is 42.5 Å². The lowest BCUT2D eigenvalue weighted by molar-refractivity contribution is -0.137. The molecule has 2 aromatic carbocycles. The predicted molar refractivity (Wildman–Crippen MR) is 102 cm³/mol. The molecule has 0 atom stereocenters. The number of halogens is 3. The summed E-state index contributed by atoms with van der Waals surface area (Å²) in [5.41, 5.74) is 1.23. The summed E-state index contributed by atoms with van der Waals surface area (Å²) in [4.78, 5) is 28.6. The minimum atomic E-state index is -4.57. The van der Waals surface area contributed by atoms with Gasteiger partial charge in [-0.2, -0.15) is 13.2 Å². The molecule has 0 aliphatic carbocycles. The third kappa shape index (κ3) is 3.88. The first-order valence-corrected chi connectivity index (χ1v) is 8.50. The first-order chi connectivity index (χ1) is 13.2. The Bertz CT molecular complexity index is 901. The van der Waals surface area contributed by atoms with E-state index < -0.39 is 17.8 Å². The number of carbonyl (C=O) groups is 2. The number of nitrogens with zero attached hydrogens (tertiary/aromatic N) is 3. The predicted octanol–water partition coefficient (Wildman–Crippen LogP) is 3.79. The number of nitrogens with one attached hydrogen (secondary N) is 1. The molecule has 1 N–H and O–H groups in total.